The number of nitro groups is 1. The molecule has 0 radical (unpaired) electrons. The van der Waals surface area contributed by atoms with Crippen LogP contribution in [0.2, 0.25) is 0 Å². The Balaban J connectivity index is 0.00000441. The van der Waals surface area contributed by atoms with Crippen molar-refractivity contribution in [3.8, 4) is 5.75 Å². The number of rotatable bonds is 11. The van der Waals surface area contributed by atoms with Gasteiger partial charge >= 0.3 is 5.97 Å². The minimum Gasteiger partial charge on any atom is -0.489 e. The molecular weight excluding hydrogens is 560 g/mol. The first kappa shape index (κ1) is 30.0. The molecule has 0 saturated heterocycles. The van der Waals surface area contributed by atoms with E-state index in [9.17, 15) is 28.4 Å². The normalized spacial score (nSPS) is 11.8. The molecule has 1 unspecified atom stereocenters. The first-order valence-electron chi connectivity index (χ1n) is 11.6. The number of non-ortho nitro benzene ring substituents is 1. The Morgan fingerprint density at radius 1 is 0.975 bits per heavy atom. The van der Waals surface area contributed by atoms with Gasteiger partial charge in [0.25, 0.3) is 5.69 Å². The molecule has 0 bridgehead atoms. The van der Waals surface area contributed by atoms with Gasteiger partial charge in [0.15, 0.2) is 0 Å². The molecule has 0 aliphatic rings. The Hall–Kier alpha value is -4.52. The van der Waals surface area contributed by atoms with Crippen molar-refractivity contribution < 1.29 is 28.0 Å². The van der Waals surface area contributed by atoms with Gasteiger partial charge in [-0.05, 0) is 52.6 Å². The number of nitro benzene ring substituents is 1. The number of ether oxygens (including phenoxy) is 1. The number of nitrogens with two attached hydrogens (primary N) is 1. The van der Waals surface area contributed by atoms with Gasteiger partial charge in [-0.15, -0.1) is 12.4 Å². The van der Waals surface area contributed by atoms with Crippen molar-refractivity contribution in [3.05, 3.63) is 112 Å². The zero-order valence-electron chi connectivity index (χ0n) is 20.8. The van der Waals surface area contributed by atoms with Crippen LogP contribution >= 0.6 is 12.4 Å². The second-order valence-electron chi connectivity index (χ2n) is 8.71. The summed E-state index contributed by atoms with van der Waals surface area (Å²) in [6.07, 6.45) is -0.119. The van der Waals surface area contributed by atoms with Gasteiger partial charge in [-0.25, -0.2) is 8.42 Å². The van der Waals surface area contributed by atoms with Crippen LogP contribution in [-0.2, 0) is 27.8 Å². The number of halogens is 1. The lowest BCUT2D eigenvalue weighted by Crippen LogP contribution is -2.42. The maximum atomic E-state index is 12.7. The van der Waals surface area contributed by atoms with Crippen molar-refractivity contribution >= 4 is 50.7 Å². The topological polar surface area (TPSA) is 186 Å². The zero-order valence-corrected chi connectivity index (χ0v) is 22.4. The molecule has 11 nitrogen and oxygen atoms in total. The van der Waals surface area contributed by atoms with Gasteiger partial charge in [0.1, 0.15) is 24.2 Å². The second-order valence-corrected chi connectivity index (χ2v) is 10.4. The van der Waals surface area contributed by atoms with Gasteiger partial charge in [0.2, 0.25) is 10.0 Å². The highest BCUT2D eigenvalue weighted by atomic mass is 35.5. The lowest BCUT2D eigenvalue weighted by atomic mass is 10.0. The molecule has 4 rings (SSSR count). The zero-order chi connectivity index (χ0) is 28.2. The summed E-state index contributed by atoms with van der Waals surface area (Å²) in [5.41, 5.74) is 7.33. The maximum Gasteiger partial charge on any atom is 0.322 e. The highest BCUT2D eigenvalue weighted by Gasteiger charge is 2.26. The highest BCUT2D eigenvalue weighted by molar-refractivity contribution is 7.89. The smallest absolute Gasteiger partial charge is 0.322 e. The monoisotopic (exact) mass is 584 g/mol. The SMILES string of the molecule is Cl.N=C(N)c1ccc(COc2ccc3cc(CC(NS(=O)(=O)c4ccc([N+](=O)[O-])cc4)C(=O)O)ccc3c2)cc1. The van der Waals surface area contributed by atoms with Crippen LogP contribution in [-0.4, -0.2) is 36.3 Å². The second kappa shape index (κ2) is 12.6. The molecule has 0 aliphatic carbocycles. The number of nitrogens with zero attached hydrogens (tertiary/aromatic N) is 1. The summed E-state index contributed by atoms with van der Waals surface area (Å²) in [6.45, 7) is 0.316. The van der Waals surface area contributed by atoms with E-state index in [-0.39, 0.29) is 35.2 Å². The van der Waals surface area contributed by atoms with Crippen LogP contribution < -0.4 is 15.2 Å². The van der Waals surface area contributed by atoms with Gasteiger partial charge in [-0.2, -0.15) is 4.72 Å². The number of aliphatic carboxylic acids is 1. The Labute approximate surface area is 235 Å². The standard InChI is InChI=1S/C27H24N4O7S.ClH/c28-26(29)19-4-1-17(2-5-19)16-38-23-10-7-20-13-18(3-6-21(20)15-23)14-25(27(32)33)30-39(36,37)24-11-8-22(9-12-24)31(34)35;/h1-13,15,25,30H,14,16H2,(H3,28,29)(H,32,33);1H. The largest absolute Gasteiger partial charge is 0.489 e. The summed E-state index contributed by atoms with van der Waals surface area (Å²) in [5, 5.41) is 29.6. The third-order valence-corrected chi connectivity index (χ3v) is 7.43. The van der Waals surface area contributed by atoms with Crippen molar-refractivity contribution in [2.75, 3.05) is 0 Å². The van der Waals surface area contributed by atoms with E-state index in [0.29, 0.717) is 23.5 Å². The number of benzene rings is 4. The van der Waals surface area contributed by atoms with E-state index in [1.807, 2.05) is 24.3 Å². The van der Waals surface area contributed by atoms with E-state index in [0.717, 1.165) is 40.6 Å². The molecule has 4 aromatic carbocycles. The first-order valence-corrected chi connectivity index (χ1v) is 13.1. The Morgan fingerprint density at radius 2 is 1.57 bits per heavy atom. The van der Waals surface area contributed by atoms with E-state index in [1.165, 1.54) is 0 Å². The van der Waals surface area contributed by atoms with Gasteiger partial charge < -0.3 is 15.6 Å². The summed E-state index contributed by atoms with van der Waals surface area (Å²) >= 11 is 0. The number of nitrogens with one attached hydrogen (secondary N) is 2. The third-order valence-electron chi connectivity index (χ3n) is 5.94. The number of sulfonamides is 1. The molecule has 0 saturated carbocycles. The van der Waals surface area contributed by atoms with Crippen molar-refractivity contribution in [1.29, 1.82) is 5.41 Å². The number of hydrogen-bond donors (Lipinski definition) is 4. The van der Waals surface area contributed by atoms with Crippen LogP contribution in [0.5, 0.6) is 5.75 Å². The number of hydrogen-bond acceptors (Lipinski definition) is 7. The Kier molecular flexibility index (Phi) is 9.43. The molecule has 0 aromatic heterocycles. The quantitative estimate of drug-likeness (QED) is 0.0881. The maximum absolute atomic E-state index is 12.7. The van der Waals surface area contributed by atoms with Gasteiger partial charge in [0, 0.05) is 17.7 Å². The van der Waals surface area contributed by atoms with Crippen LogP contribution in [0, 0.1) is 15.5 Å². The third kappa shape index (κ3) is 7.32. The summed E-state index contributed by atoms with van der Waals surface area (Å²) in [5.74, 6) is -0.737. The molecule has 0 heterocycles. The molecular formula is C27H25ClN4O7S. The molecule has 0 fully saturated rings. The van der Waals surface area contributed by atoms with Crippen molar-refractivity contribution in [3.63, 3.8) is 0 Å². The minimum atomic E-state index is -4.24. The van der Waals surface area contributed by atoms with Crippen molar-refractivity contribution in [1.82, 2.24) is 4.72 Å². The lowest BCUT2D eigenvalue weighted by molar-refractivity contribution is -0.384. The van der Waals surface area contributed by atoms with Crippen LogP contribution in [0.1, 0.15) is 16.7 Å². The molecule has 5 N–H and O–H groups in total. The number of nitrogen functional groups attached to an aromatic ring is 1. The summed E-state index contributed by atoms with van der Waals surface area (Å²) in [4.78, 5) is 21.7. The molecule has 0 aliphatic heterocycles. The van der Waals surface area contributed by atoms with Crippen LogP contribution in [0.3, 0.4) is 0 Å². The molecule has 4 aromatic rings. The van der Waals surface area contributed by atoms with E-state index in [4.69, 9.17) is 15.9 Å². The van der Waals surface area contributed by atoms with Crippen molar-refractivity contribution in [2.24, 2.45) is 5.73 Å². The lowest BCUT2D eigenvalue weighted by Gasteiger charge is -2.15. The molecule has 40 heavy (non-hydrogen) atoms. The fourth-order valence-electron chi connectivity index (χ4n) is 3.85. The summed E-state index contributed by atoms with van der Waals surface area (Å²) in [7, 11) is -4.24. The molecule has 1 atom stereocenters. The molecule has 0 amide bonds. The molecule has 13 heteroatoms. The average molecular weight is 585 g/mol. The van der Waals surface area contributed by atoms with Crippen molar-refractivity contribution in [2.45, 2.75) is 24.0 Å². The Morgan fingerprint density at radius 3 is 2.17 bits per heavy atom. The van der Waals surface area contributed by atoms with E-state index in [2.05, 4.69) is 4.72 Å². The number of amidine groups is 1. The fraction of sp³-hybridized carbons (Fsp3) is 0.111. The first-order chi connectivity index (χ1) is 18.5. The summed E-state index contributed by atoms with van der Waals surface area (Å²) in [6, 6.07) is 20.6. The van der Waals surface area contributed by atoms with Crippen LogP contribution in [0.25, 0.3) is 10.8 Å². The van der Waals surface area contributed by atoms with Crippen LogP contribution in [0.15, 0.2) is 89.8 Å². The number of carbonyl (C=O) groups is 1. The molecule has 208 valence electrons. The Bertz CT molecular complexity index is 1660. The average Bonchev–Trinajstić information content (AvgIpc) is 2.91. The van der Waals surface area contributed by atoms with Gasteiger partial charge in [-0.3, -0.25) is 20.3 Å². The number of carboxylic acids is 1. The highest BCUT2D eigenvalue weighted by Crippen LogP contribution is 2.24. The van der Waals surface area contributed by atoms with Gasteiger partial charge in [0.05, 0.1) is 9.82 Å². The van der Waals surface area contributed by atoms with E-state index >= 15 is 0 Å². The molecule has 0 spiro atoms. The number of carboxylic acid groups (broad SMARTS) is 1. The predicted octanol–water partition coefficient (Wildman–Crippen LogP) is 4.01. The fourth-order valence-corrected chi connectivity index (χ4v) is 5.04. The minimum absolute atomic E-state index is 0. The van der Waals surface area contributed by atoms with E-state index < -0.39 is 27.0 Å². The summed E-state index contributed by atoms with van der Waals surface area (Å²) < 4.78 is 33.4. The van der Waals surface area contributed by atoms with Gasteiger partial charge in [-0.1, -0.05) is 48.5 Å². The van der Waals surface area contributed by atoms with E-state index in [1.54, 1.807) is 36.4 Å². The number of fused-ring (bicyclic) bond motifs is 1. The predicted molar refractivity (Wildman–Crippen MR) is 152 cm³/mol. The van der Waals surface area contributed by atoms with Crippen LogP contribution in [0.4, 0.5) is 5.69 Å².